The molecule has 0 spiro atoms. The molecular weight excluding hydrogens is 442 g/mol. The van der Waals surface area contributed by atoms with Crippen LogP contribution in [-0.4, -0.2) is 23.2 Å². The Hall–Kier alpha value is -0.830. The van der Waals surface area contributed by atoms with Gasteiger partial charge in [0.2, 0.25) is 6.41 Å². The summed E-state index contributed by atoms with van der Waals surface area (Å²) in [5.74, 6) is 3.80. The Bertz CT molecular complexity index is 718. The van der Waals surface area contributed by atoms with E-state index in [9.17, 15) is 9.90 Å². The lowest BCUT2D eigenvalue weighted by atomic mass is 9.36. The number of hydrogen-bond donors (Lipinski definition) is 2. The molecule has 0 aromatic rings. The van der Waals surface area contributed by atoms with Gasteiger partial charge in [-0.3, -0.25) is 4.79 Å². The van der Waals surface area contributed by atoms with Gasteiger partial charge in [-0.05, 0) is 117 Å². The molecule has 0 aliphatic heterocycles. The maximum atomic E-state index is 11.4. The van der Waals surface area contributed by atoms with E-state index in [0.29, 0.717) is 22.7 Å². The number of allylic oxidation sites excluding steroid dienone is 1. The number of rotatable bonds is 2. The second kappa shape index (κ2) is 12.4. The molecule has 0 aromatic carbocycles. The number of aliphatic hydroxyl groups excluding tert-OH is 1. The molecule has 36 heavy (non-hydrogen) atoms. The highest BCUT2D eigenvalue weighted by atomic mass is 16.3. The van der Waals surface area contributed by atoms with Crippen LogP contribution in [0.4, 0.5) is 0 Å². The van der Waals surface area contributed by atoms with Crippen molar-refractivity contribution in [1.82, 2.24) is 5.32 Å². The van der Waals surface area contributed by atoms with Gasteiger partial charge in [-0.25, -0.2) is 0 Å². The fourth-order valence-corrected chi connectivity index (χ4v) is 10.6. The summed E-state index contributed by atoms with van der Waals surface area (Å²) in [6.45, 7) is 19.2. The van der Waals surface area contributed by atoms with E-state index in [1.807, 2.05) is 20.8 Å². The zero-order chi connectivity index (χ0) is 25.4. The van der Waals surface area contributed by atoms with Crippen LogP contribution in [-0.2, 0) is 4.79 Å². The number of carbonyl (C=O) groups is 1. The molecule has 9 unspecified atom stereocenters. The van der Waals surface area contributed by atoms with Crippen molar-refractivity contribution in [3.05, 3.63) is 12.7 Å². The fraction of sp³-hybridized carbons (Fsp3) is 0.909. The van der Waals surface area contributed by atoms with Crippen LogP contribution in [0.5, 0.6) is 0 Å². The highest BCUT2D eigenvalue weighted by molar-refractivity contribution is 5.48. The highest BCUT2D eigenvalue weighted by Crippen LogP contribution is 2.72. The summed E-state index contributed by atoms with van der Waals surface area (Å²) >= 11 is 0. The zero-order valence-corrected chi connectivity index (χ0v) is 23.5. The maximum absolute atomic E-state index is 11.4. The van der Waals surface area contributed by atoms with Gasteiger partial charge >= 0.3 is 0 Å². The largest absolute Gasteiger partial charge is 0.393 e. The Labute approximate surface area is 225 Å². The maximum Gasteiger partial charge on any atom is 0.207 e. The van der Waals surface area contributed by atoms with Gasteiger partial charge in [-0.1, -0.05) is 68.9 Å². The summed E-state index contributed by atoms with van der Waals surface area (Å²) in [5.41, 5.74) is 0.991. The molecule has 2 N–H and O–H groups in total. The number of amides is 1. The molecule has 0 bridgehead atoms. The molecule has 5 fully saturated rings. The average Bonchev–Trinajstić information content (AvgIpc) is 3.23. The van der Waals surface area contributed by atoms with Gasteiger partial charge in [0.1, 0.15) is 0 Å². The van der Waals surface area contributed by atoms with Crippen LogP contribution in [0.3, 0.4) is 0 Å². The van der Waals surface area contributed by atoms with Crippen LogP contribution in [0.15, 0.2) is 12.7 Å². The monoisotopic (exact) mass is 505 g/mol. The molecule has 3 heteroatoms. The molecule has 0 radical (unpaired) electrons. The number of aliphatic hydroxyl groups is 1. The van der Waals surface area contributed by atoms with Crippen LogP contribution in [0, 0.1) is 45.8 Å². The SMILES string of the molecule is C.C.C=CC.CC.CC1(C)C(O)CCC2(C)C1CCC1(C)C3CCC4(NC=O)CCCC4C3CCC12. The first-order chi connectivity index (χ1) is 16.1. The lowest BCUT2D eigenvalue weighted by molar-refractivity contribution is -0.211. The number of carbonyl (C=O) groups excluding carboxylic acids is 1. The van der Waals surface area contributed by atoms with Crippen molar-refractivity contribution < 1.29 is 9.90 Å². The quantitative estimate of drug-likeness (QED) is 0.291. The predicted octanol–water partition coefficient (Wildman–Crippen LogP) is 8.80. The molecule has 3 nitrogen and oxygen atoms in total. The molecule has 5 aliphatic carbocycles. The van der Waals surface area contributed by atoms with E-state index in [0.717, 1.165) is 30.6 Å². The minimum absolute atomic E-state index is 0. The Morgan fingerprint density at radius 3 is 2.03 bits per heavy atom. The molecule has 1 amide bonds. The topological polar surface area (TPSA) is 49.3 Å². The third-order valence-corrected chi connectivity index (χ3v) is 11.8. The lowest BCUT2D eigenvalue weighted by Crippen LogP contribution is -2.64. The normalized spacial score (nSPS) is 45.4. The van der Waals surface area contributed by atoms with Gasteiger partial charge in [0, 0.05) is 5.54 Å². The summed E-state index contributed by atoms with van der Waals surface area (Å²) in [6.07, 6.45) is 16.5. The van der Waals surface area contributed by atoms with Gasteiger partial charge in [-0.2, -0.15) is 0 Å². The number of nitrogens with one attached hydrogen (secondary N) is 1. The van der Waals surface area contributed by atoms with Gasteiger partial charge < -0.3 is 10.4 Å². The highest BCUT2D eigenvalue weighted by Gasteiger charge is 2.66. The van der Waals surface area contributed by atoms with Crippen LogP contribution in [0.2, 0.25) is 0 Å². The second-order valence-corrected chi connectivity index (χ2v) is 13.2. The Morgan fingerprint density at radius 2 is 1.42 bits per heavy atom. The molecule has 5 rings (SSSR count). The molecule has 212 valence electrons. The summed E-state index contributed by atoms with van der Waals surface area (Å²) in [7, 11) is 0. The van der Waals surface area contributed by atoms with Crippen molar-refractivity contribution in [1.29, 1.82) is 0 Å². The van der Waals surface area contributed by atoms with E-state index in [4.69, 9.17) is 0 Å². The van der Waals surface area contributed by atoms with E-state index in [2.05, 4.69) is 39.6 Å². The summed E-state index contributed by atoms with van der Waals surface area (Å²) in [6, 6.07) is 0. The number of fused-ring (bicyclic) bond motifs is 7. The molecule has 0 heterocycles. The number of hydrogen-bond acceptors (Lipinski definition) is 2. The van der Waals surface area contributed by atoms with Gasteiger partial charge in [0.15, 0.2) is 0 Å². The lowest BCUT2D eigenvalue weighted by Gasteiger charge is -2.69. The van der Waals surface area contributed by atoms with Gasteiger partial charge in [-0.15, -0.1) is 6.58 Å². The van der Waals surface area contributed by atoms with Crippen molar-refractivity contribution in [2.45, 2.75) is 146 Å². The van der Waals surface area contributed by atoms with Crippen LogP contribution in [0.25, 0.3) is 0 Å². The van der Waals surface area contributed by atoms with Crippen LogP contribution < -0.4 is 5.32 Å². The molecule has 9 atom stereocenters. The summed E-state index contributed by atoms with van der Waals surface area (Å²) in [4.78, 5) is 11.4. The first kappa shape index (κ1) is 33.2. The smallest absolute Gasteiger partial charge is 0.207 e. The first-order valence-electron chi connectivity index (χ1n) is 14.6. The van der Waals surface area contributed by atoms with E-state index in [1.165, 1.54) is 64.2 Å². The zero-order valence-electron chi connectivity index (χ0n) is 23.5. The van der Waals surface area contributed by atoms with E-state index in [1.54, 1.807) is 6.08 Å². The third-order valence-electron chi connectivity index (χ3n) is 11.8. The van der Waals surface area contributed by atoms with Crippen molar-refractivity contribution in [2.75, 3.05) is 0 Å². The minimum Gasteiger partial charge on any atom is -0.393 e. The molecule has 0 aromatic heterocycles. The first-order valence-corrected chi connectivity index (χ1v) is 14.6. The minimum atomic E-state index is -0.135. The standard InChI is InChI=1S/C26H43NO2.C3H6.C2H6.2CH4/c1-23(2)20-10-13-24(3)18-9-15-26(27-16-28)12-5-6-19(26)17(18)7-8-21(24)25(20,4)14-11-22(23)29;1-3-2;1-2;;/h16-22,29H,5-15H2,1-4H3,(H,27,28);3H,1H2,2H3;1-2H3;2*1H4. The van der Waals surface area contributed by atoms with E-state index in [-0.39, 0.29) is 31.9 Å². The fourth-order valence-electron chi connectivity index (χ4n) is 10.6. The van der Waals surface area contributed by atoms with Gasteiger partial charge in [0.25, 0.3) is 0 Å². The Kier molecular flexibility index (Phi) is 11.4. The summed E-state index contributed by atoms with van der Waals surface area (Å²) in [5, 5.41) is 14.1. The molecule has 0 saturated heterocycles. The van der Waals surface area contributed by atoms with Crippen LogP contribution >= 0.6 is 0 Å². The summed E-state index contributed by atoms with van der Waals surface area (Å²) < 4.78 is 0. The van der Waals surface area contributed by atoms with Crippen molar-refractivity contribution in [3.8, 4) is 0 Å². The van der Waals surface area contributed by atoms with E-state index >= 15 is 0 Å². The molecule has 5 saturated carbocycles. The third kappa shape index (κ3) is 4.96. The van der Waals surface area contributed by atoms with E-state index < -0.39 is 0 Å². The average molecular weight is 506 g/mol. The van der Waals surface area contributed by atoms with Crippen LogP contribution in [0.1, 0.15) is 134 Å². The second-order valence-electron chi connectivity index (χ2n) is 13.2. The van der Waals surface area contributed by atoms with Crippen molar-refractivity contribution in [2.24, 2.45) is 45.8 Å². The van der Waals surface area contributed by atoms with Crippen molar-refractivity contribution >= 4 is 6.41 Å². The molecule has 5 aliphatic rings. The van der Waals surface area contributed by atoms with Crippen molar-refractivity contribution in [3.63, 3.8) is 0 Å². The Balaban J connectivity index is 0.000000865. The van der Waals surface area contributed by atoms with Gasteiger partial charge in [0.05, 0.1) is 6.10 Å². The molecular formula is C33H63NO2. The Morgan fingerprint density at radius 1 is 0.806 bits per heavy atom. The predicted molar refractivity (Wildman–Crippen MR) is 157 cm³/mol.